The molecule has 0 saturated carbocycles. The van der Waals surface area contributed by atoms with E-state index in [0.717, 1.165) is 5.56 Å². The number of benzene rings is 2. The maximum absolute atomic E-state index is 13.3. The number of hydrogen-bond donors (Lipinski definition) is 0. The molecule has 1 heterocycles. The van der Waals surface area contributed by atoms with E-state index in [-0.39, 0.29) is 35.1 Å². The Hall–Kier alpha value is -3.67. The van der Waals surface area contributed by atoms with E-state index in [1.807, 2.05) is 12.1 Å². The molecule has 1 aliphatic carbocycles. The van der Waals surface area contributed by atoms with Crippen molar-refractivity contribution in [3.05, 3.63) is 92.4 Å². The minimum atomic E-state index is -0.444. The molecule has 146 valence electrons. The summed E-state index contributed by atoms with van der Waals surface area (Å²) < 4.78 is 11.8. The summed E-state index contributed by atoms with van der Waals surface area (Å²) in [5, 5.41) is 0. The molecule has 4 rings (SSSR count). The Morgan fingerprint density at radius 3 is 2.03 bits per heavy atom. The number of rotatable bonds is 4. The summed E-state index contributed by atoms with van der Waals surface area (Å²) in [5.41, 5.74) is 1.69. The number of hydrogen-bond acceptors (Lipinski definition) is 5. The van der Waals surface area contributed by atoms with Crippen molar-refractivity contribution in [3.8, 4) is 11.5 Å². The number of pyridine rings is 1. The molecule has 6 nitrogen and oxygen atoms in total. The molecule has 1 aliphatic rings. The van der Waals surface area contributed by atoms with Crippen LogP contribution in [0, 0.1) is 6.92 Å². The topological polar surface area (TPSA) is 74.6 Å². The van der Waals surface area contributed by atoms with Gasteiger partial charge in [0.15, 0.2) is 11.5 Å². The lowest BCUT2D eigenvalue weighted by Gasteiger charge is -2.24. The van der Waals surface area contributed by atoms with Crippen LogP contribution in [0.1, 0.15) is 43.1 Å². The molecule has 0 radical (unpaired) electrons. The number of aromatic nitrogens is 1. The van der Waals surface area contributed by atoms with Crippen LogP contribution in [-0.4, -0.2) is 30.4 Å². The number of fused-ring (bicyclic) bond motifs is 2. The van der Waals surface area contributed by atoms with Crippen molar-refractivity contribution in [1.29, 1.82) is 0 Å². The van der Waals surface area contributed by atoms with Crippen molar-refractivity contribution in [2.45, 2.75) is 13.5 Å². The summed E-state index contributed by atoms with van der Waals surface area (Å²) in [4.78, 5) is 39.6. The van der Waals surface area contributed by atoms with E-state index in [1.165, 1.54) is 11.7 Å². The van der Waals surface area contributed by atoms with E-state index in [1.54, 1.807) is 50.4 Å². The maximum atomic E-state index is 13.3. The summed E-state index contributed by atoms with van der Waals surface area (Å²) in [6.45, 7) is 1.76. The highest BCUT2D eigenvalue weighted by molar-refractivity contribution is 6.28. The van der Waals surface area contributed by atoms with Crippen LogP contribution >= 0.6 is 0 Å². The second-order valence-corrected chi connectivity index (χ2v) is 6.83. The molecule has 0 spiro atoms. The number of ketones is 2. The smallest absolute Gasteiger partial charge is 0.294 e. The zero-order valence-electron chi connectivity index (χ0n) is 16.3. The van der Waals surface area contributed by atoms with Crippen LogP contribution in [0.5, 0.6) is 11.5 Å². The minimum absolute atomic E-state index is 0.0674. The Kier molecular flexibility index (Phi) is 4.54. The first-order chi connectivity index (χ1) is 14.0. The fourth-order valence-electron chi connectivity index (χ4n) is 3.77. The third-order valence-electron chi connectivity index (χ3n) is 5.22. The van der Waals surface area contributed by atoms with Gasteiger partial charge < -0.3 is 9.47 Å². The largest absolute Gasteiger partial charge is 0.497 e. The zero-order chi connectivity index (χ0) is 20.7. The van der Waals surface area contributed by atoms with E-state index in [4.69, 9.17) is 9.47 Å². The second kappa shape index (κ2) is 7.05. The number of carbonyl (C=O) groups excluding carboxylic acids is 2. The number of ether oxygens (including phenoxy) is 2. The van der Waals surface area contributed by atoms with Crippen molar-refractivity contribution >= 4 is 11.6 Å². The van der Waals surface area contributed by atoms with Crippen molar-refractivity contribution in [2.75, 3.05) is 14.2 Å². The third kappa shape index (κ3) is 2.84. The van der Waals surface area contributed by atoms with E-state index in [9.17, 15) is 14.4 Å². The highest BCUT2D eigenvalue weighted by Crippen LogP contribution is 2.32. The van der Waals surface area contributed by atoms with Crippen LogP contribution in [0.15, 0.2) is 53.3 Å². The minimum Gasteiger partial charge on any atom is -0.497 e. The van der Waals surface area contributed by atoms with Crippen LogP contribution in [0.3, 0.4) is 0 Å². The molecule has 6 heteroatoms. The monoisotopic (exact) mass is 389 g/mol. The van der Waals surface area contributed by atoms with Gasteiger partial charge in [-0.05, 0) is 24.6 Å². The lowest BCUT2D eigenvalue weighted by molar-refractivity contribution is 0.0970. The molecule has 0 amide bonds. The predicted octanol–water partition coefficient (Wildman–Crippen LogP) is 3.00. The number of carbonyl (C=O) groups is 2. The first-order valence-electron chi connectivity index (χ1n) is 9.10. The van der Waals surface area contributed by atoms with Gasteiger partial charge in [0.2, 0.25) is 5.78 Å². The van der Waals surface area contributed by atoms with E-state index >= 15 is 0 Å². The van der Waals surface area contributed by atoms with E-state index in [0.29, 0.717) is 22.4 Å². The van der Waals surface area contributed by atoms with Gasteiger partial charge in [-0.25, -0.2) is 0 Å². The first kappa shape index (κ1) is 18.7. The number of nitrogens with zero attached hydrogens (tertiary/aromatic N) is 1. The van der Waals surface area contributed by atoms with Gasteiger partial charge in [-0.15, -0.1) is 0 Å². The van der Waals surface area contributed by atoms with Crippen molar-refractivity contribution in [2.24, 2.45) is 0 Å². The zero-order valence-corrected chi connectivity index (χ0v) is 16.3. The second-order valence-electron chi connectivity index (χ2n) is 6.83. The van der Waals surface area contributed by atoms with Crippen molar-refractivity contribution in [1.82, 2.24) is 4.57 Å². The molecule has 29 heavy (non-hydrogen) atoms. The molecule has 0 N–H and O–H groups in total. The molecular formula is C23H19NO5. The van der Waals surface area contributed by atoms with Gasteiger partial charge >= 0.3 is 0 Å². The average molecular weight is 389 g/mol. The Balaban J connectivity index is 1.97. The van der Waals surface area contributed by atoms with Gasteiger partial charge in [0.25, 0.3) is 5.56 Å². The van der Waals surface area contributed by atoms with Crippen LogP contribution in [0.2, 0.25) is 0 Å². The van der Waals surface area contributed by atoms with Crippen LogP contribution in [-0.2, 0) is 6.54 Å². The van der Waals surface area contributed by atoms with Crippen molar-refractivity contribution < 1.29 is 19.1 Å². The molecule has 1 aromatic heterocycles. The molecule has 0 bridgehead atoms. The van der Waals surface area contributed by atoms with Crippen molar-refractivity contribution in [3.63, 3.8) is 0 Å². The fourth-order valence-corrected chi connectivity index (χ4v) is 3.77. The van der Waals surface area contributed by atoms with Crippen LogP contribution in [0.4, 0.5) is 0 Å². The standard InChI is InChI=1S/C23H19NO5/c1-13-18-19(21(26)17-7-5-4-6-16(17)20(18)25)24(23(27)22(13)29-3)12-14-8-10-15(28-2)11-9-14/h4-11H,12H2,1-3H3. The lowest BCUT2D eigenvalue weighted by atomic mass is 9.84. The highest BCUT2D eigenvalue weighted by atomic mass is 16.5. The summed E-state index contributed by atoms with van der Waals surface area (Å²) in [7, 11) is 2.96. The Morgan fingerprint density at radius 1 is 0.828 bits per heavy atom. The molecule has 0 aliphatic heterocycles. The van der Waals surface area contributed by atoms with E-state index in [2.05, 4.69) is 0 Å². The Labute approximate surface area is 167 Å². The third-order valence-corrected chi connectivity index (χ3v) is 5.22. The first-order valence-corrected chi connectivity index (χ1v) is 9.10. The van der Waals surface area contributed by atoms with E-state index < -0.39 is 5.56 Å². The summed E-state index contributed by atoms with van der Waals surface area (Å²) in [5.74, 6) is 0.128. The van der Waals surface area contributed by atoms with Gasteiger partial charge in [0.05, 0.1) is 26.3 Å². The highest BCUT2D eigenvalue weighted by Gasteiger charge is 2.35. The summed E-state index contributed by atoms with van der Waals surface area (Å²) >= 11 is 0. The Morgan fingerprint density at radius 2 is 1.45 bits per heavy atom. The molecule has 3 aromatic rings. The fraction of sp³-hybridized carbons (Fsp3) is 0.174. The molecule has 0 atom stereocenters. The molecule has 2 aromatic carbocycles. The summed E-state index contributed by atoms with van der Waals surface area (Å²) in [6.07, 6.45) is 0. The number of methoxy groups -OCH3 is 2. The normalized spacial score (nSPS) is 12.4. The molecule has 0 saturated heterocycles. The quantitative estimate of drug-likeness (QED) is 0.536. The van der Waals surface area contributed by atoms with Gasteiger partial charge in [0.1, 0.15) is 11.4 Å². The van der Waals surface area contributed by atoms with Gasteiger partial charge in [0, 0.05) is 16.7 Å². The van der Waals surface area contributed by atoms with Gasteiger partial charge in [-0.3, -0.25) is 19.0 Å². The molecule has 0 unspecified atom stereocenters. The van der Waals surface area contributed by atoms with Crippen LogP contribution < -0.4 is 15.0 Å². The van der Waals surface area contributed by atoms with Gasteiger partial charge in [-0.1, -0.05) is 36.4 Å². The lowest BCUT2D eigenvalue weighted by Crippen LogP contribution is -2.35. The van der Waals surface area contributed by atoms with Crippen LogP contribution in [0.25, 0.3) is 0 Å². The predicted molar refractivity (Wildman–Crippen MR) is 107 cm³/mol. The van der Waals surface area contributed by atoms with Gasteiger partial charge in [-0.2, -0.15) is 0 Å². The Bertz CT molecular complexity index is 1210. The molecular weight excluding hydrogens is 370 g/mol. The summed E-state index contributed by atoms with van der Waals surface area (Å²) in [6, 6.07) is 13.8. The SMILES string of the molecule is COc1ccc(Cn2c3c(c(C)c(OC)c2=O)C(=O)c2ccccc2C3=O)cc1. The molecule has 0 fully saturated rings. The average Bonchev–Trinajstić information content (AvgIpc) is 2.74. The maximum Gasteiger partial charge on any atom is 0.294 e.